The zero-order valence-electron chi connectivity index (χ0n) is 24.4. The topological polar surface area (TPSA) is 89.4 Å². The van der Waals surface area contributed by atoms with Crippen molar-refractivity contribution in [1.29, 1.82) is 0 Å². The Balaban J connectivity index is 1.22. The summed E-state index contributed by atoms with van der Waals surface area (Å²) in [6.07, 6.45) is 4.60. The molecular formula is C36H34N6O2. The fourth-order valence-electron chi connectivity index (χ4n) is 6.51. The number of carbonyl (C=O) groups is 2. The molecule has 4 aromatic rings. The Morgan fingerprint density at radius 2 is 0.955 bits per heavy atom. The Morgan fingerprint density at radius 3 is 1.41 bits per heavy atom. The number of hydrazone groups is 2. The van der Waals surface area contributed by atoms with Crippen LogP contribution >= 0.6 is 0 Å². The van der Waals surface area contributed by atoms with Gasteiger partial charge in [0.25, 0.3) is 11.8 Å². The number of nitrogens with zero attached hydrogens (tertiary/aromatic N) is 4. The lowest BCUT2D eigenvalue weighted by Crippen LogP contribution is -2.49. The Morgan fingerprint density at radius 1 is 0.523 bits per heavy atom. The van der Waals surface area contributed by atoms with Gasteiger partial charge in [0.1, 0.15) is 0 Å². The van der Waals surface area contributed by atoms with Gasteiger partial charge in [-0.15, -0.1) is 0 Å². The highest BCUT2D eigenvalue weighted by molar-refractivity contribution is 5.86. The zero-order chi connectivity index (χ0) is 29.9. The molecule has 2 N–H and O–H groups in total. The molecule has 3 heterocycles. The van der Waals surface area contributed by atoms with Crippen molar-refractivity contribution in [3.63, 3.8) is 0 Å². The summed E-state index contributed by atoms with van der Waals surface area (Å²) in [7, 11) is 0. The quantitative estimate of drug-likeness (QED) is 0.326. The summed E-state index contributed by atoms with van der Waals surface area (Å²) >= 11 is 0. The summed E-state index contributed by atoms with van der Waals surface area (Å²) in [5.74, 6) is -0.256. The lowest BCUT2D eigenvalue weighted by molar-refractivity contribution is -0.128. The van der Waals surface area contributed by atoms with Gasteiger partial charge in [0.2, 0.25) is 0 Å². The predicted molar refractivity (Wildman–Crippen MR) is 171 cm³/mol. The van der Waals surface area contributed by atoms with E-state index in [9.17, 15) is 9.59 Å². The molecule has 0 radical (unpaired) electrons. The molecule has 8 nitrogen and oxygen atoms in total. The van der Waals surface area contributed by atoms with Crippen molar-refractivity contribution in [2.45, 2.75) is 51.1 Å². The first-order chi connectivity index (χ1) is 21.6. The van der Waals surface area contributed by atoms with Crippen molar-refractivity contribution >= 4 is 24.2 Å². The monoisotopic (exact) mass is 582 g/mol. The van der Waals surface area contributed by atoms with Gasteiger partial charge in [-0.25, -0.2) is 10.9 Å². The molecular weight excluding hydrogens is 548 g/mol. The van der Waals surface area contributed by atoms with Gasteiger partial charge < -0.3 is 0 Å². The molecule has 44 heavy (non-hydrogen) atoms. The number of benzene rings is 4. The second kappa shape index (κ2) is 12.4. The van der Waals surface area contributed by atoms with Crippen LogP contribution in [-0.2, 0) is 48.6 Å². The van der Waals surface area contributed by atoms with E-state index in [1.54, 1.807) is 12.4 Å². The Kier molecular flexibility index (Phi) is 7.83. The van der Waals surface area contributed by atoms with Crippen molar-refractivity contribution in [2.75, 3.05) is 0 Å². The minimum Gasteiger partial charge on any atom is -0.283 e. The predicted octanol–water partition coefficient (Wildman–Crippen LogP) is 4.15. The van der Waals surface area contributed by atoms with E-state index in [1.165, 1.54) is 22.3 Å². The molecule has 7 rings (SSSR count). The molecule has 8 heteroatoms. The molecule has 0 aliphatic carbocycles. The maximum Gasteiger partial charge on any atom is 0.257 e. The number of hydrogen-bond donors (Lipinski definition) is 2. The van der Waals surface area contributed by atoms with E-state index in [-0.39, 0.29) is 23.9 Å². The molecule has 0 spiro atoms. The van der Waals surface area contributed by atoms with Crippen LogP contribution < -0.4 is 10.9 Å². The van der Waals surface area contributed by atoms with Crippen molar-refractivity contribution in [2.24, 2.45) is 10.2 Å². The van der Waals surface area contributed by atoms with Crippen LogP contribution in [0.5, 0.6) is 0 Å². The summed E-state index contributed by atoms with van der Waals surface area (Å²) < 4.78 is 0. The second-order valence-electron chi connectivity index (χ2n) is 11.7. The van der Waals surface area contributed by atoms with Crippen molar-refractivity contribution < 1.29 is 9.59 Å². The van der Waals surface area contributed by atoms with Crippen molar-refractivity contribution in [1.82, 2.24) is 20.7 Å². The van der Waals surface area contributed by atoms with E-state index < -0.39 is 0 Å². The van der Waals surface area contributed by atoms with E-state index in [2.05, 4.69) is 79.4 Å². The number of amides is 2. The molecule has 220 valence electrons. The van der Waals surface area contributed by atoms with Gasteiger partial charge in [-0.3, -0.25) is 19.4 Å². The summed E-state index contributed by atoms with van der Waals surface area (Å²) in [6, 6.07) is 32.0. The van der Waals surface area contributed by atoms with Gasteiger partial charge in [-0.05, 0) is 69.5 Å². The third-order valence-corrected chi connectivity index (χ3v) is 8.75. The van der Waals surface area contributed by atoms with Gasteiger partial charge >= 0.3 is 0 Å². The maximum atomic E-state index is 13.5. The van der Waals surface area contributed by atoms with E-state index in [0.29, 0.717) is 39.0 Å². The highest BCUT2D eigenvalue weighted by atomic mass is 16.2. The lowest BCUT2D eigenvalue weighted by Gasteiger charge is -2.35. The van der Waals surface area contributed by atoms with Crippen LogP contribution in [0.4, 0.5) is 0 Å². The molecule has 0 saturated heterocycles. The third kappa shape index (κ3) is 6.08. The van der Waals surface area contributed by atoms with Gasteiger partial charge in [0.15, 0.2) is 0 Å². The summed E-state index contributed by atoms with van der Waals surface area (Å²) in [5.41, 5.74) is 14.3. The molecule has 4 aromatic carbocycles. The first-order valence-corrected chi connectivity index (χ1v) is 15.0. The SMILES string of the molecule is O=C1N/N=C/c2cccc(c2)CN2Cc3ccccc3C[C@@H]2C(=O)N/N=C/c2cccc(c2)CN2Cc3ccccc3C[C@H]12. The Hall–Kier alpha value is -4.92. The average Bonchev–Trinajstić information content (AvgIpc) is 3.04. The summed E-state index contributed by atoms with van der Waals surface area (Å²) in [5, 5.41) is 8.73. The van der Waals surface area contributed by atoms with Crippen molar-refractivity contribution in [3.05, 3.63) is 142 Å². The minimum atomic E-state index is -0.366. The van der Waals surface area contributed by atoms with Crippen LogP contribution in [-0.4, -0.2) is 46.1 Å². The third-order valence-electron chi connectivity index (χ3n) is 8.75. The smallest absolute Gasteiger partial charge is 0.257 e. The van der Waals surface area contributed by atoms with E-state index in [0.717, 1.165) is 22.3 Å². The van der Waals surface area contributed by atoms with Crippen molar-refractivity contribution in [3.8, 4) is 0 Å². The van der Waals surface area contributed by atoms with Gasteiger partial charge in [0, 0.05) is 26.2 Å². The number of hydrogen-bond acceptors (Lipinski definition) is 6. The highest BCUT2D eigenvalue weighted by Gasteiger charge is 2.33. The lowest BCUT2D eigenvalue weighted by atomic mass is 9.93. The van der Waals surface area contributed by atoms with E-state index >= 15 is 0 Å². The molecule has 0 fully saturated rings. The number of carbonyl (C=O) groups excluding carboxylic acids is 2. The fraction of sp³-hybridized carbons (Fsp3) is 0.222. The molecule has 3 aliphatic rings. The minimum absolute atomic E-state index is 0.128. The molecule has 2 atom stereocenters. The first-order valence-electron chi connectivity index (χ1n) is 15.0. The molecule has 0 saturated carbocycles. The van der Waals surface area contributed by atoms with Crippen LogP contribution in [0.1, 0.15) is 44.5 Å². The highest BCUT2D eigenvalue weighted by Crippen LogP contribution is 2.27. The fourth-order valence-corrected chi connectivity index (χ4v) is 6.51. The number of fused-ring (bicyclic) bond motifs is 8. The van der Waals surface area contributed by atoms with E-state index in [1.807, 2.05) is 48.5 Å². The molecule has 0 unspecified atom stereocenters. The maximum absolute atomic E-state index is 13.5. The van der Waals surface area contributed by atoms with Gasteiger partial charge in [0.05, 0.1) is 24.5 Å². The summed E-state index contributed by atoms with van der Waals surface area (Å²) in [6.45, 7) is 2.50. The molecule has 0 aromatic heterocycles. The van der Waals surface area contributed by atoms with Crippen LogP contribution in [0.2, 0.25) is 0 Å². The van der Waals surface area contributed by atoms with E-state index in [4.69, 9.17) is 0 Å². The standard InChI is InChI=1S/C36H34N6O2/c43-35-33-17-29-11-1-3-13-31(29)23-41(33)21-27-9-5-7-25(15-27)20-38-40-36(44)34-18-30-12-2-4-14-32(30)24-42(34)22-28-10-6-8-26(16-28)19-37-39-35/h1-16,19-20,33-34H,17-18,21-24H2,(H,39,43)(H,40,44)/b37-19+,38-20+/t33-,34-/m1/s1. The number of rotatable bonds is 0. The average molecular weight is 583 g/mol. The normalized spacial score (nSPS) is 22.2. The molecule has 3 aliphatic heterocycles. The summed E-state index contributed by atoms with van der Waals surface area (Å²) in [4.78, 5) is 31.5. The second-order valence-corrected chi connectivity index (χ2v) is 11.7. The van der Waals surface area contributed by atoms with Gasteiger partial charge in [-0.1, -0.05) is 84.9 Å². The van der Waals surface area contributed by atoms with Crippen LogP contribution in [0, 0.1) is 0 Å². The largest absolute Gasteiger partial charge is 0.283 e. The zero-order valence-corrected chi connectivity index (χ0v) is 24.4. The first kappa shape index (κ1) is 27.9. The Bertz CT molecular complexity index is 1640. The van der Waals surface area contributed by atoms with Crippen LogP contribution in [0.15, 0.2) is 107 Å². The van der Waals surface area contributed by atoms with Crippen LogP contribution in [0.3, 0.4) is 0 Å². The molecule has 4 bridgehead atoms. The van der Waals surface area contributed by atoms with Crippen LogP contribution in [0.25, 0.3) is 0 Å². The Labute approximate surface area is 257 Å². The van der Waals surface area contributed by atoms with Gasteiger partial charge in [-0.2, -0.15) is 10.2 Å². The molecule has 2 amide bonds. The number of nitrogens with one attached hydrogen (secondary N) is 2.